The lowest BCUT2D eigenvalue weighted by Crippen LogP contribution is -2.60. The molecule has 0 atom stereocenters. The lowest BCUT2D eigenvalue weighted by molar-refractivity contribution is -0.0498. The van der Waals surface area contributed by atoms with E-state index >= 15 is 13.2 Å². The number of methoxy groups -OCH3 is 1. The first-order valence-corrected chi connectivity index (χ1v) is 12.7. The average Bonchev–Trinajstić information content (AvgIpc) is 3.16. The molecule has 43 heavy (non-hydrogen) atoms. The van der Waals surface area contributed by atoms with Gasteiger partial charge >= 0.3 is 6.61 Å². The van der Waals surface area contributed by atoms with Crippen molar-refractivity contribution in [3.63, 3.8) is 0 Å². The van der Waals surface area contributed by atoms with Gasteiger partial charge in [0.05, 0.1) is 18.3 Å². The highest BCUT2D eigenvalue weighted by Gasteiger charge is 2.38. The van der Waals surface area contributed by atoms with Gasteiger partial charge in [0.2, 0.25) is 0 Å². The van der Waals surface area contributed by atoms with Crippen LogP contribution in [0.4, 0.5) is 33.5 Å². The largest absolute Gasteiger partial charge is 0.497 e. The maximum Gasteiger partial charge on any atom is 0.387 e. The lowest BCUT2D eigenvalue weighted by Gasteiger charge is -2.45. The molecule has 15 heteroatoms. The van der Waals surface area contributed by atoms with Gasteiger partial charge in [0.15, 0.2) is 11.6 Å². The van der Waals surface area contributed by atoms with Gasteiger partial charge < -0.3 is 24.8 Å². The number of nitrogens with zero attached hydrogens (tertiary/aromatic N) is 4. The molecule has 1 saturated heterocycles. The zero-order valence-electron chi connectivity index (χ0n) is 22.9. The van der Waals surface area contributed by atoms with Crippen LogP contribution < -0.4 is 25.2 Å². The molecule has 3 heterocycles. The van der Waals surface area contributed by atoms with Gasteiger partial charge in [-0.05, 0) is 43.3 Å². The predicted octanol–water partition coefficient (Wildman–Crippen LogP) is 4.09. The van der Waals surface area contributed by atoms with E-state index in [2.05, 4.69) is 15.0 Å². The summed E-state index contributed by atoms with van der Waals surface area (Å²) in [4.78, 5) is 32.8. The lowest BCUT2D eigenvalue weighted by atomic mass is 9.97. The molecule has 5 rings (SSSR count). The van der Waals surface area contributed by atoms with Crippen LogP contribution in [0.3, 0.4) is 0 Å². The van der Waals surface area contributed by atoms with Gasteiger partial charge in [0.1, 0.15) is 40.3 Å². The molecule has 2 N–H and O–H groups in total. The van der Waals surface area contributed by atoms with Gasteiger partial charge in [0.25, 0.3) is 11.5 Å². The standard InChI is InChI=1S/C28H24F5N5O5/c1-28(41)12-37(13-28)20-9-8-17(29)24(34-20)38-26(40)22(35-25(39)14-4-6-15(7-5-14)43-27(32)33)23(36(38)2)21-18(30)10-16(42-3)11-19(21)31/h4-11,27,41H,12-13H2,1-3H3,(H,35,39). The zero-order valence-corrected chi connectivity index (χ0v) is 22.9. The molecule has 1 aliphatic heterocycles. The van der Waals surface area contributed by atoms with Gasteiger partial charge in [-0.25, -0.2) is 18.2 Å². The van der Waals surface area contributed by atoms with Crippen molar-refractivity contribution >= 4 is 17.4 Å². The number of aliphatic hydroxyl groups is 1. The number of hydrogen-bond donors (Lipinski definition) is 2. The normalized spacial score (nSPS) is 14.0. The van der Waals surface area contributed by atoms with E-state index in [1.807, 2.05) is 0 Å². The monoisotopic (exact) mass is 605 g/mol. The van der Waals surface area contributed by atoms with Crippen molar-refractivity contribution in [3.8, 4) is 28.6 Å². The van der Waals surface area contributed by atoms with Crippen LogP contribution in [0.25, 0.3) is 17.1 Å². The number of amides is 1. The minimum atomic E-state index is -3.10. The first-order chi connectivity index (χ1) is 20.3. The van der Waals surface area contributed by atoms with Gasteiger partial charge in [-0.15, -0.1) is 0 Å². The van der Waals surface area contributed by atoms with Crippen molar-refractivity contribution in [1.82, 2.24) is 14.3 Å². The molecule has 1 amide bonds. The molecule has 1 aliphatic rings. The second-order valence-electron chi connectivity index (χ2n) is 10.0. The van der Waals surface area contributed by atoms with Crippen LogP contribution >= 0.6 is 0 Å². The number of nitrogens with one attached hydrogen (secondary N) is 1. The van der Waals surface area contributed by atoms with E-state index in [-0.39, 0.29) is 36.0 Å². The highest BCUT2D eigenvalue weighted by atomic mass is 19.3. The van der Waals surface area contributed by atoms with E-state index in [4.69, 9.17) is 4.74 Å². The number of β-amino-alcohol motifs (C(OH)–C–C–N with tert-alkyl or cyclic N) is 1. The average molecular weight is 606 g/mol. The van der Waals surface area contributed by atoms with Crippen LogP contribution in [-0.4, -0.2) is 57.8 Å². The number of carbonyl (C=O) groups is 1. The van der Waals surface area contributed by atoms with Crippen LogP contribution in [0, 0.1) is 17.5 Å². The van der Waals surface area contributed by atoms with Crippen LogP contribution in [0.15, 0.2) is 53.3 Å². The summed E-state index contributed by atoms with van der Waals surface area (Å²) in [6.07, 6.45) is 0. The third-order valence-corrected chi connectivity index (χ3v) is 6.74. The molecule has 2 aromatic heterocycles. The maximum atomic E-state index is 15.3. The van der Waals surface area contributed by atoms with E-state index in [0.717, 1.165) is 47.1 Å². The molecule has 0 radical (unpaired) electrons. The topological polar surface area (TPSA) is 111 Å². The zero-order chi connectivity index (χ0) is 31.2. The maximum absolute atomic E-state index is 15.3. The Balaban J connectivity index is 1.65. The number of anilines is 2. The number of hydrogen-bond acceptors (Lipinski definition) is 7. The quantitative estimate of drug-likeness (QED) is 0.291. The molecule has 0 saturated carbocycles. The van der Waals surface area contributed by atoms with Crippen molar-refractivity contribution in [2.75, 3.05) is 30.4 Å². The predicted molar refractivity (Wildman–Crippen MR) is 145 cm³/mol. The number of benzene rings is 2. The van der Waals surface area contributed by atoms with Gasteiger partial charge in [-0.3, -0.25) is 14.3 Å². The Bertz CT molecular complexity index is 1740. The van der Waals surface area contributed by atoms with Gasteiger partial charge in [-0.1, -0.05) is 0 Å². The van der Waals surface area contributed by atoms with Crippen LogP contribution in [0.2, 0.25) is 0 Å². The fourth-order valence-electron chi connectivity index (χ4n) is 4.79. The third-order valence-electron chi connectivity index (χ3n) is 6.74. The summed E-state index contributed by atoms with van der Waals surface area (Å²) >= 11 is 0. The molecule has 2 aromatic carbocycles. The Morgan fingerprint density at radius 1 is 1.02 bits per heavy atom. The van der Waals surface area contributed by atoms with E-state index in [1.165, 1.54) is 20.2 Å². The Kier molecular flexibility index (Phi) is 7.60. The van der Waals surface area contributed by atoms with Crippen LogP contribution in [0.1, 0.15) is 17.3 Å². The molecule has 10 nitrogen and oxygen atoms in total. The number of carbonyl (C=O) groups excluding carboxylic acids is 1. The third kappa shape index (κ3) is 5.62. The van der Waals surface area contributed by atoms with Crippen LogP contribution in [-0.2, 0) is 7.05 Å². The van der Waals surface area contributed by atoms with Crippen molar-refractivity contribution in [2.24, 2.45) is 7.05 Å². The molecule has 0 aliphatic carbocycles. The highest BCUT2D eigenvalue weighted by molar-refractivity contribution is 6.06. The molecule has 4 aromatic rings. The smallest absolute Gasteiger partial charge is 0.387 e. The summed E-state index contributed by atoms with van der Waals surface area (Å²) < 4.78 is 81.6. The second-order valence-corrected chi connectivity index (χ2v) is 10.0. The summed E-state index contributed by atoms with van der Waals surface area (Å²) in [7, 11) is 2.41. The van der Waals surface area contributed by atoms with Gasteiger partial charge in [0, 0.05) is 37.8 Å². The Morgan fingerprint density at radius 2 is 1.65 bits per heavy atom. The minimum Gasteiger partial charge on any atom is -0.497 e. The first kappa shape index (κ1) is 29.6. The molecule has 0 unspecified atom stereocenters. The first-order valence-electron chi connectivity index (χ1n) is 12.7. The number of ether oxygens (including phenoxy) is 2. The summed E-state index contributed by atoms with van der Waals surface area (Å²) in [5.41, 5.74) is -4.01. The van der Waals surface area contributed by atoms with Crippen molar-refractivity contribution < 1.29 is 41.3 Å². The molecular weight excluding hydrogens is 581 g/mol. The summed E-state index contributed by atoms with van der Waals surface area (Å²) in [6, 6.07) is 8.56. The summed E-state index contributed by atoms with van der Waals surface area (Å²) in [5.74, 6) is -4.94. The fourth-order valence-corrected chi connectivity index (χ4v) is 4.79. The van der Waals surface area contributed by atoms with Gasteiger partial charge in [-0.2, -0.15) is 13.5 Å². The number of rotatable bonds is 8. The van der Waals surface area contributed by atoms with E-state index < -0.39 is 63.9 Å². The van der Waals surface area contributed by atoms with E-state index in [1.54, 1.807) is 11.8 Å². The molecule has 226 valence electrons. The van der Waals surface area contributed by atoms with E-state index in [0.29, 0.717) is 4.68 Å². The van der Waals surface area contributed by atoms with Crippen LogP contribution in [0.5, 0.6) is 11.5 Å². The molecule has 1 fully saturated rings. The van der Waals surface area contributed by atoms with Crippen molar-refractivity contribution in [3.05, 3.63) is 81.9 Å². The summed E-state index contributed by atoms with van der Waals surface area (Å²) in [6.45, 7) is -1.12. The SMILES string of the molecule is COc1cc(F)c(-c2c(NC(=O)c3ccc(OC(F)F)cc3)c(=O)n(-c3nc(N4CC(C)(O)C4)ccc3F)n2C)c(F)c1. The number of aromatic nitrogens is 3. The number of pyridine rings is 1. The van der Waals surface area contributed by atoms with Crippen molar-refractivity contribution in [2.45, 2.75) is 19.1 Å². The fraction of sp³-hybridized carbons (Fsp3) is 0.250. The van der Waals surface area contributed by atoms with Crippen molar-refractivity contribution in [1.29, 1.82) is 0 Å². The number of halogens is 5. The Labute approximate surface area is 240 Å². The second kappa shape index (κ2) is 11.1. The molecular formula is C28H24F5N5O5. The Hall–Kier alpha value is -4.92. The summed E-state index contributed by atoms with van der Waals surface area (Å²) in [5, 5.41) is 12.4. The van der Waals surface area contributed by atoms with E-state index in [9.17, 15) is 23.5 Å². The molecule has 0 bridgehead atoms. The minimum absolute atomic E-state index is 0.116. The highest BCUT2D eigenvalue weighted by Crippen LogP contribution is 2.35. The molecule has 0 spiro atoms. The Morgan fingerprint density at radius 3 is 2.21 bits per heavy atom. The number of alkyl halides is 2.